The summed E-state index contributed by atoms with van der Waals surface area (Å²) in [6, 6.07) is 86.2. The third kappa shape index (κ3) is 7.71. The molecule has 0 aromatic heterocycles. The zero-order valence-electron chi connectivity index (χ0n) is 49.8. The summed E-state index contributed by atoms with van der Waals surface area (Å²) in [4.78, 5) is 7.87. The molecule has 404 valence electrons. The van der Waals surface area contributed by atoms with E-state index in [0.29, 0.717) is 0 Å². The van der Waals surface area contributed by atoms with E-state index >= 15 is 0 Å². The maximum Gasteiger partial charge on any atom is 0.333 e. The standard InChI is InChI=1S/C79H70BN3/c1-49-43-53(50-21-13-12-14-22-50)29-42-69(49)82-71-47-58(81(56-34-30-54(31-35-56)76(2,3)4)57-36-32-55(33-37-57)77(5,6)7)39-41-68(71)80-75-72(82)48-63-61-26-18-20-28-66(61)79(10,11)74(63)73(75)64-44-51-23-15-16-24-52(51)45-70(64)83(80)59-38-40-62-60-25-17-19-27-65(60)78(8,9)67(62)46-59/h12-48H,1-11H3. The topological polar surface area (TPSA) is 9.72 Å². The molecule has 0 amide bonds. The van der Waals surface area contributed by atoms with E-state index in [1.54, 1.807) is 0 Å². The maximum atomic E-state index is 2.74. The van der Waals surface area contributed by atoms with E-state index in [1.807, 2.05) is 0 Å². The zero-order valence-corrected chi connectivity index (χ0v) is 49.8. The van der Waals surface area contributed by atoms with Gasteiger partial charge in [0.15, 0.2) is 0 Å². The Labute approximate surface area is 491 Å². The van der Waals surface area contributed by atoms with Gasteiger partial charge < -0.3 is 14.6 Å². The van der Waals surface area contributed by atoms with Gasteiger partial charge in [-0.2, -0.15) is 0 Å². The Morgan fingerprint density at radius 1 is 0.398 bits per heavy atom. The third-order valence-electron chi connectivity index (χ3n) is 19.2. The van der Waals surface area contributed by atoms with Crippen LogP contribution in [0.25, 0.3) is 55.3 Å². The molecule has 2 heterocycles. The van der Waals surface area contributed by atoms with Crippen LogP contribution >= 0.6 is 0 Å². The van der Waals surface area contributed by atoms with Crippen molar-refractivity contribution in [2.75, 3.05) is 14.6 Å². The molecule has 3 nitrogen and oxygen atoms in total. The van der Waals surface area contributed by atoms with E-state index in [9.17, 15) is 0 Å². The van der Waals surface area contributed by atoms with Crippen molar-refractivity contribution in [1.29, 1.82) is 0 Å². The minimum absolute atomic E-state index is 0.00937. The maximum absolute atomic E-state index is 2.74. The van der Waals surface area contributed by atoms with Crippen molar-refractivity contribution in [3.05, 3.63) is 263 Å². The van der Waals surface area contributed by atoms with E-state index in [2.05, 4.69) is 315 Å². The largest absolute Gasteiger partial charge is 0.376 e. The lowest BCUT2D eigenvalue weighted by molar-refractivity contribution is 0.590. The molecular formula is C79H70BN3. The van der Waals surface area contributed by atoms with Gasteiger partial charge >= 0.3 is 6.85 Å². The lowest BCUT2D eigenvalue weighted by Crippen LogP contribution is -2.62. The van der Waals surface area contributed by atoms with Crippen LogP contribution in [0.1, 0.15) is 108 Å². The van der Waals surface area contributed by atoms with Crippen LogP contribution in [0.2, 0.25) is 0 Å². The van der Waals surface area contributed by atoms with Crippen molar-refractivity contribution in [3.63, 3.8) is 0 Å². The van der Waals surface area contributed by atoms with E-state index in [-0.39, 0.29) is 28.5 Å². The summed E-state index contributed by atoms with van der Waals surface area (Å²) in [6.07, 6.45) is 0. The van der Waals surface area contributed by atoms with Gasteiger partial charge in [0.05, 0.1) is 0 Å². The molecular weight excluding hydrogens is 1000 g/mol. The molecule has 4 heteroatoms. The molecule has 0 bridgehead atoms. The van der Waals surface area contributed by atoms with Gasteiger partial charge in [0.2, 0.25) is 0 Å². The van der Waals surface area contributed by atoms with Crippen molar-refractivity contribution in [3.8, 4) is 44.5 Å². The summed E-state index contributed by atoms with van der Waals surface area (Å²) in [6.45, 7) is 25.7. The lowest BCUT2D eigenvalue weighted by Gasteiger charge is -2.47. The number of anilines is 8. The van der Waals surface area contributed by atoms with E-state index in [0.717, 1.165) is 28.4 Å². The van der Waals surface area contributed by atoms with E-state index in [1.165, 1.54) is 122 Å². The smallest absolute Gasteiger partial charge is 0.333 e. The molecule has 2 aliphatic carbocycles. The van der Waals surface area contributed by atoms with Crippen molar-refractivity contribution in [1.82, 2.24) is 0 Å². The minimum Gasteiger partial charge on any atom is -0.376 e. The van der Waals surface area contributed by atoms with E-state index < -0.39 is 0 Å². The molecule has 2 aliphatic heterocycles. The number of fused-ring (bicyclic) bond motifs is 12. The minimum atomic E-state index is -0.289. The molecule has 0 spiro atoms. The molecule has 0 saturated carbocycles. The van der Waals surface area contributed by atoms with Crippen molar-refractivity contribution in [2.24, 2.45) is 0 Å². The van der Waals surface area contributed by atoms with Crippen LogP contribution in [0, 0.1) is 6.92 Å². The van der Waals surface area contributed by atoms with Gasteiger partial charge in [-0.25, -0.2) is 0 Å². The Morgan fingerprint density at radius 3 is 1.60 bits per heavy atom. The second-order valence-corrected chi connectivity index (χ2v) is 27.0. The first-order chi connectivity index (χ1) is 39.9. The molecule has 0 fully saturated rings. The van der Waals surface area contributed by atoms with Gasteiger partial charge in [0, 0.05) is 61.9 Å². The van der Waals surface area contributed by atoms with Gasteiger partial charge in [0.25, 0.3) is 0 Å². The normalized spacial score (nSPS) is 14.8. The number of benzene rings is 11. The van der Waals surface area contributed by atoms with Crippen LogP contribution < -0.4 is 25.5 Å². The van der Waals surface area contributed by atoms with Crippen LogP contribution in [0.15, 0.2) is 224 Å². The Bertz CT molecular complexity index is 4420. The molecule has 0 N–H and O–H groups in total. The first kappa shape index (κ1) is 51.1. The van der Waals surface area contributed by atoms with Crippen molar-refractivity contribution < 1.29 is 0 Å². The molecule has 0 atom stereocenters. The first-order valence-electron chi connectivity index (χ1n) is 29.9. The molecule has 0 radical (unpaired) electrons. The fourth-order valence-corrected chi connectivity index (χ4v) is 14.9. The summed E-state index contributed by atoms with van der Waals surface area (Å²) < 4.78 is 0. The predicted molar refractivity (Wildman–Crippen MR) is 355 cm³/mol. The van der Waals surface area contributed by atoms with Gasteiger partial charge in [-0.15, -0.1) is 0 Å². The van der Waals surface area contributed by atoms with E-state index in [4.69, 9.17) is 0 Å². The quantitative estimate of drug-likeness (QED) is 0.154. The number of rotatable bonds is 6. The second kappa shape index (κ2) is 18.1. The summed E-state index contributed by atoms with van der Waals surface area (Å²) in [5, 5.41) is 2.47. The second-order valence-electron chi connectivity index (χ2n) is 27.0. The van der Waals surface area contributed by atoms with Gasteiger partial charge in [0.1, 0.15) is 0 Å². The summed E-state index contributed by atoms with van der Waals surface area (Å²) in [7, 11) is 0. The fraction of sp³-hybridized carbons (Fsp3) is 0.190. The first-order valence-corrected chi connectivity index (χ1v) is 29.9. The van der Waals surface area contributed by atoms with Crippen LogP contribution in [-0.4, -0.2) is 6.85 Å². The van der Waals surface area contributed by atoms with Crippen molar-refractivity contribution in [2.45, 2.75) is 97.8 Å². The molecule has 0 saturated heterocycles. The number of hydrogen-bond donors (Lipinski definition) is 0. The molecule has 15 rings (SSSR count). The lowest BCUT2D eigenvalue weighted by atomic mass is 9.42. The molecule has 11 aromatic rings. The summed E-state index contributed by atoms with van der Waals surface area (Å²) in [5.41, 5.74) is 31.1. The average molecular weight is 1070 g/mol. The Balaban J connectivity index is 1.06. The van der Waals surface area contributed by atoms with Gasteiger partial charge in [-0.3, -0.25) is 0 Å². The van der Waals surface area contributed by atoms with Crippen LogP contribution in [0.5, 0.6) is 0 Å². The van der Waals surface area contributed by atoms with Crippen molar-refractivity contribution >= 4 is 74.0 Å². The summed E-state index contributed by atoms with van der Waals surface area (Å²) in [5.74, 6) is 0. The van der Waals surface area contributed by atoms with Gasteiger partial charge in [-0.1, -0.05) is 215 Å². The zero-order chi connectivity index (χ0) is 57.1. The summed E-state index contributed by atoms with van der Waals surface area (Å²) >= 11 is 0. The highest BCUT2D eigenvalue weighted by atomic mass is 15.2. The van der Waals surface area contributed by atoms with Crippen LogP contribution in [0.4, 0.5) is 45.5 Å². The average Bonchev–Trinajstić information content (AvgIpc) is 2.19. The van der Waals surface area contributed by atoms with Gasteiger partial charge in [-0.05, 0) is 196 Å². The van der Waals surface area contributed by atoms with Crippen LogP contribution in [0.3, 0.4) is 0 Å². The Morgan fingerprint density at radius 2 is 0.964 bits per heavy atom. The fourth-order valence-electron chi connectivity index (χ4n) is 14.9. The highest BCUT2D eigenvalue weighted by Crippen LogP contribution is 2.59. The monoisotopic (exact) mass is 1070 g/mol. The molecule has 0 unspecified atom stereocenters. The highest BCUT2D eigenvalue weighted by Gasteiger charge is 2.51. The van der Waals surface area contributed by atoms with Crippen LogP contribution in [-0.2, 0) is 21.7 Å². The molecule has 11 aromatic carbocycles. The number of hydrogen-bond acceptors (Lipinski definition) is 3. The Kier molecular flexibility index (Phi) is 11.1. The number of aryl methyl sites for hydroxylation is 1. The predicted octanol–water partition coefficient (Wildman–Crippen LogP) is 20.2. The third-order valence-corrected chi connectivity index (χ3v) is 19.2. The molecule has 4 aliphatic rings. The highest BCUT2D eigenvalue weighted by molar-refractivity contribution is 6.93. The number of nitrogens with zero attached hydrogens (tertiary/aromatic N) is 3. The Hall–Kier alpha value is -8.86. The SMILES string of the molecule is Cc1cc(-c2ccccc2)ccc1N1c2cc(N(c3ccc(C(C)(C)C)cc3)c3ccc(C(C)(C)C)cc3)ccc2B2c3c1cc1c(c3-c3cc4ccccc4cc3N2c2ccc3c(c2)C(C)(C)c2ccccc2-3)C(C)(C)c2ccccc2-1. The molecule has 83 heavy (non-hydrogen) atoms.